The van der Waals surface area contributed by atoms with Crippen LogP contribution in [0.2, 0.25) is 5.02 Å². The van der Waals surface area contributed by atoms with E-state index in [1.165, 1.54) is 16.6 Å². The summed E-state index contributed by atoms with van der Waals surface area (Å²) in [6, 6.07) is 7.08. The SMILES string of the molecule is C[C@@H]1CCc2sc3c(c2C1)c(=O)n(-c1ccc(Cl)cc1)c1nnc(SCC(N)=O)n31. The summed E-state index contributed by atoms with van der Waals surface area (Å²) in [6.07, 6.45) is 2.95. The molecule has 0 aliphatic heterocycles. The average molecular weight is 460 g/mol. The van der Waals surface area contributed by atoms with Crippen LogP contribution in [-0.4, -0.2) is 30.8 Å². The maximum atomic E-state index is 13.7. The fourth-order valence-corrected chi connectivity index (χ4v) is 6.15. The lowest BCUT2D eigenvalue weighted by Gasteiger charge is -2.18. The molecule has 0 spiro atoms. The second kappa shape index (κ2) is 7.40. The van der Waals surface area contributed by atoms with Gasteiger partial charge in [0.15, 0.2) is 5.16 Å². The highest BCUT2D eigenvalue weighted by molar-refractivity contribution is 7.99. The summed E-state index contributed by atoms with van der Waals surface area (Å²) in [5.41, 5.74) is 7.02. The van der Waals surface area contributed by atoms with Crippen LogP contribution in [0, 0.1) is 5.92 Å². The quantitative estimate of drug-likeness (QED) is 0.471. The molecule has 1 amide bonds. The first-order valence-electron chi connectivity index (χ1n) is 9.55. The zero-order chi connectivity index (χ0) is 21.0. The minimum Gasteiger partial charge on any atom is -0.369 e. The number of benzene rings is 1. The molecule has 1 atom stereocenters. The third-order valence-electron chi connectivity index (χ3n) is 5.35. The molecule has 4 aromatic rings. The summed E-state index contributed by atoms with van der Waals surface area (Å²) in [5, 5.41) is 10.4. The fourth-order valence-electron chi connectivity index (χ4n) is 3.96. The van der Waals surface area contributed by atoms with Gasteiger partial charge in [-0.25, -0.2) is 8.97 Å². The maximum absolute atomic E-state index is 13.7. The fraction of sp³-hybridized carbons (Fsp3) is 0.300. The topological polar surface area (TPSA) is 95.3 Å². The van der Waals surface area contributed by atoms with Crippen LogP contribution >= 0.6 is 34.7 Å². The smallest absolute Gasteiger partial charge is 0.268 e. The first-order valence-corrected chi connectivity index (χ1v) is 11.7. The maximum Gasteiger partial charge on any atom is 0.268 e. The first kappa shape index (κ1) is 19.6. The van der Waals surface area contributed by atoms with E-state index >= 15 is 0 Å². The summed E-state index contributed by atoms with van der Waals surface area (Å²) >= 11 is 8.90. The Balaban J connectivity index is 1.87. The molecule has 3 aromatic heterocycles. The largest absolute Gasteiger partial charge is 0.369 e. The lowest BCUT2D eigenvalue weighted by Crippen LogP contribution is -2.23. The Labute approximate surface area is 184 Å². The Hall–Kier alpha value is -2.36. The summed E-state index contributed by atoms with van der Waals surface area (Å²) in [6.45, 7) is 2.22. The van der Waals surface area contributed by atoms with Crippen LogP contribution in [-0.2, 0) is 17.6 Å². The molecule has 30 heavy (non-hydrogen) atoms. The van der Waals surface area contributed by atoms with Gasteiger partial charge in [0.1, 0.15) is 4.83 Å². The van der Waals surface area contributed by atoms with E-state index in [9.17, 15) is 9.59 Å². The molecule has 1 aliphatic rings. The Morgan fingerprint density at radius 3 is 2.83 bits per heavy atom. The van der Waals surface area contributed by atoms with Crippen LogP contribution in [0.3, 0.4) is 0 Å². The summed E-state index contributed by atoms with van der Waals surface area (Å²) < 4.78 is 3.46. The minimum absolute atomic E-state index is 0.0878. The number of hydrogen-bond donors (Lipinski definition) is 1. The van der Waals surface area contributed by atoms with Crippen LogP contribution in [0.4, 0.5) is 0 Å². The summed E-state index contributed by atoms with van der Waals surface area (Å²) in [5.74, 6) is 0.593. The van der Waals surface area contributed by atoms with Gasteiger partial charge in [0.2, 0.25) is 11.7 Å². The molecule has 2 N–H and O–H groups in total. The lowest BCUT2D eigenvalue weighted by atomic mass is 9.89. The second-order valence-electron chi connectivity index (χ2n) is 7.52. The zero-order valence-electron chi connectivity index (χ0n) is 16.1. The average Bonchev–Trinajstić information content (AvgIpc) is 3.29. The number of amides is 1. The standard InChI is InChI=1S/C20H18ClN5O2S2/c1-10-2-7-14-13(8-10)16-17(28)25(12-5-3-11(21)4-6-12)19-23-24-20(29-9-15(22)27)26(19)18(16)30-14/h3-6,10H,2,7-9H2,1H3,(H2,22,27)/t10-/m1/s1. The number of thioether (sulfide) groups is 1. The van der Waals surface area contributed by atoms with Gasteiger partial charge in [0.25, 0.3) is 5.56 Å². The van der Waals surface area contributed by atoms with E-state index in [4.69, 9.17) is 17.3 Å². The van der Waals surface area contributed by atoms with Crippen molar-refractivity contribution in [3.63, 3.8) is 0 Å². The number of carbonyl (C=O) groups excluding carboxylic acids is 1. The molecular formula is C20H18ClN5O2S2. The van der Waals surface area contributed by atoms with E-state index in [2.05, 4.69) is 17.1 Å². The molecule has 154 valence electrons. The van der Waals surface area contributed by atoms with Crippen molar-refractivity contribution in [1.82, 2.24) is 19.2 Å². The van der Waals surface area contributed by atoms with Crippen molar-refractivity contribution in [1.29, 1.82) is 0 Å². The predicted molar refractivity (Wildman–Crippen MR) is 120 cm³/mol. The highest BCUT2D eigenvalue weighted by atomic mass is 35.5. The van der Waals surface area contributed by atoms with Crippen LogP contribution < -0.4 is 11.3 Å². The van der Waals surface area contributed by atoms with Gasteiger partial charge in [0.05, 0.1) is 16.8 Å². The van der Waals surface area contributed by atoms with Gasteiger partial charge >= 0.3 is 0 Å². The molecule has 1 aliphatic carbocycles. The Morgan fingerprint density at radius 2 is 2.10 bits per heavy atom. The number of fused-ring (bicyclic) bond motifs is 5. The number of nitrogens with two attached hydrogens (primary N) is 1. The molecule has 0 saturated heterocycles. The lowest BCUT2D eigenvalue weighted by molar-refractivity contribution is -0.115. The van der Waals surface area contributed by atoms with Crippen molar-refractivity contribution in [2.45, 2.75) is 31.3 Å². The summed E-state index contributed by atoms with van der Waals surface area (Å²) in [4.78, 5) is 27.1. The van der Waals surface area contributed by atoms with Gasteiger partial charge in [-0.1, -0.05) is 30.3 Å². The van der Waals surface area contributed by atoms with Crippen LogP contribution in [0.5, 0.6) is 0 Å². The van der Waals surface area contributed by atoms with Crippen molar-refractivity contribution in [3.8, 4) is 5.69 Å². The number of primary amides is 1. The summed E-state index contributed by atoms with van der Waals surface area (Å²) in [7, 11) is 0. The normalized spacial score (nSPS) is 16.3. The number of thiophene rings is 1. The first-order chi connectivity index (χ1) is 14.4. The number of carbonyl (C=O) groups is 1. The van der Waals surface area contributed by atoms with E-state index in [0.29, 0.717) is 32.9 Å². The van der Waals surface area contributed by atoms with Gasteiger partial charge in [-0.2, -0.15) is 0 Å². The monoisotopic (exact) mass is 459 g/mol. The number of aromatic nitrogens is 4. The van der Waals surface area contributed by atoms with Crippen molar-refractivity contribution in [3.05, 3.63) is 50.1 Å². The third kappa shape index (κ3) is 3.12. The van der Waals surface area contributed by atoms with Gasteiger partial charge in [-0.05, 0) is 55.0 Å². The zero-order valence-corrected chi connectivity index (χ0v) is 18.5. The van der Waals surface area contributed by atoms with Crippen molar-refractivity contribution in [2.24, 2.45) is 11.7 Å². The molecule has 3 heterocycles. The number of hydrogen-bond acceptors (Lipinski definition) is 6. The van der Waals surface area contributed by atoms with Crippen molar-refractivity contribution < 1.29 is 4.79 Å². The predicted octanol–water partition coefficient (Wildman–Crippen LogP) is 3.45. The molecule has 10 heteroatoms. The van der Waals surface area contributed by atoms with E-state index in [1.54, 1.807) is 40.2 Å². The molecule has 0 saturated carbocycles. The second-order valence-corrected chi connectivity index (χ2v) is 9.98. The van der Waals surface area contributed by atoms with E-state index < -0.39 is 5.91 Å². The highest BCUT2D eigenvalue weighted by Gasteiger charge is 2.27. The number of rotatable bonds is 4. The van der Waals surface area contributed by atoms with Gasteiger partial charge < -0.3 is 5.73 Å². The van der Waals surface area contributed by atoms with E-state index in [-0.39, 0.29) is 11.3 Å². The minimum atomic E-state index is -0.432. The number of nitrogens with zero attached hydrogens (tertiary/aromatic N) is 4. The Kier molecular flexibility index (Phi) is 4.83. The van der Waals surface area contributed by atoms with Crippen LogP contribution in [0.1, 0.15) is 23.8 Å². The van der Waals surface area contributed by atoms with Gasteiger partial charge in [-0.3, -0.25) is 9.59 Å². The molecule has 0 fully saturated rings. The van der Waals surface area contributed by atoms with E-state index in [1.807, 2.05) is 4.40 Å². The third-order valence-corrected chi connectivity index (χ3v) is 7.83. The van der Waals surface area contributed by atoms with Crippen molar-refractivity contribution in [2.75, 3.05) is 5.75 Å². The highest BCUT2D eigenvalue weighted by Crippen LogP contribution is 2.38. The molecule has 0 radical (unpaired) electrons. The molecule has 7 nitrogen and oxygen atoms in total. The Morgan fingerprint density at radius 1 is 1.33 bits per heavy atom. The molecular weight excluding hydrogens is 442 g/mol. The van der Waals surface area contributed by atoms with Crippen molar-refractivity contribution >= 4 is 56.6 Å². The molecule has 0 unspecified atom stereocenters. The Bertz CT molecular complexity index is 1360. The molecule has 0 bridgehead atoms. The van der Waals surface area contributed by atoms with Crippen LogP contribution in [0.25, 0.3) is 21.7 Å². The van der Waals surface area contributed by atoms with E-state index in [0.717, 1.165) is 29.7 Å². The van der Waals surface area contributed by atoms with Crippen LogP contribution in [0.15, 0.2) is 34.2 Å². The number of aryl methyl sites for hydroxylation is 1. The van der Waals surface area contributed by atoms with Gasteiger partial charge in [-0.15, -0.1) is 21.5 Å². The molecule has 5 rings (SSSR count). The molecule has 1 aromatic carbocycles. The van der Waals surface area contributed by atoms with Gasteiger partial charge in [0, 0.05) is 9.90 Å². The number of halogens is 1.